The molecule has 2 aliphatic heterocycles. The molecule has 1 amide bonds. The molecule has 116 valence electrons. The number of nitrogens with one attached hydrogen (secondary N) is 1. The van der Waals surface area contributed by atoms with Crippen LogP contribution in [0, 0.1) is 5.92 Å². The number of thiophene rings is 1. The first-order valence-electron chi connectivity index (χ1n) is 7.26. The van der Waals surface area contributed by atoms with Gasteiger partial charge < -0.3 is 14.8 Å². The van der Waals surface area contributed by atoms with Crippen molar-refractivity contribution in [1.29, 1.82) is 0 Å². The van der Waals surface area contributed by atoms with Crippen LogP contribution in [0.2, 0.25) is 4.34 Å². The predicted octanol–water partition coefficient (Wildman–Crippen LogP) is 2.03. The molecule has 2 aliphatic rings. The van der Waals surface area contributed by atoms with Crippen LogP contribution < -0.4 is 5.32 Å². The second-order valence-electron chi connectivity index (χ2n) is 5.52. The Morgan fingerprint density at radius 1 is 1.43 bits per heavy atom. The molecule has 1 aromatic heterocycles. The van der Waals surface area contributed by atoms with Crippen molar-refractivity contribution in [3.63, 3.8) is 0 Å². The van der Waals surface area contributed by atoms with Crippen LogP contribution in [0.4, 0.5) is 0 Å². The minimum absolute atomic E-state index is 0.0405. The average molecular weight is 347 g/mol. The summed E-state index contributed by atoms with van der Waals surface area (Å²) in [6, 6.07) is 3.99. The molecule has 1 N–H and O–H groups in total. The van der Waals surface area contributed by atoms with Gasteiger partial charge in [0, 0.05) is 43.3 Å². The van der Waals surface area contributed by atoms with Gasteiger partial charge in [-0.25, -0.2) is 0 Å². The van der Waals surface area contributed by atoms with Gasteiger partial charge in [-0.05, 0) is 12.1 Å². The number of carbonyl (C=O) groups is 1. The van der Waals surface area contributed by atoms with Crippen molar-refractivity contribution < 1.29 is 9.35 Å². The van der Waals surface area contributed by atoms with Crippen LogP contribution in [-0.2, 0) is 16.0 Å². The molecular formula is C14H19ClN2O2S2. The summed E-state index contributed by atoms with van der Waals surface area (Å²) in [5.74, 6) is 1.59. The van der Waals surface area contributed by atoms with E-state index in [-0.39, 0.29) is 17.9 Å². The molecule has 1 aromatic rings. The summed E-state index contributed by atoms with van der Waals surface area (Å²) in [5, 5.41) is 3.36. The van der Waals surface area contributed by atoms with Crippen molar-refractivity contribution in [2.24, 2.45) is 5.92 Å². The zero-order chi connectivity index (χ0) is 14.8. The maximum Gasteiger partial charge on any atom is 0.226 e. The first kappa shape index (κ1) is 15.6. The van der Waals surface area contributed by atoms with Crippen molar-refractivity contribution in [2.75, 3.05) is 31.1 Å². The number of carbonyl (C=O) groups excluding carboxylic acids is 1. The molecule has 7 heteroatoms. The SMILES string of the molecule is O=C(C1CC[S+]([O-])CC1)N1CCNCC1c1ccc(Cl)s1. The minimum atomic E-state index is -0.722. The summed E-state index contributed by atoms with van der Waals surface area (Å²) in [4.78, 5) is 16.0. The Labute approximate surface area is 137 Å². The molecule has 0 aromatic carbocycles. The topological polar surface area (TPSA) is 55.4 Å². The Balaban J connectivity index is 1.73. The Morgan fingerprint density at radius 2 is 2.19 bits per heavy atom. The fraction of sp³-hybridized carbons (Fsp3) is 0.643. The van der Waals surface area contributed by atoms with Gasteiger partial charge in [0.1, 0.15) is 11.5 Å². The third-order valence-electron chi connectivity index (χ3n) is 4.19. The van der Waals surface area contributed by atoms with Crippen molar-refractivity contribution in [3.8, 4) is 0 Å². The first-order chi connectivity index (χ1) is 10.1. The summed E-state index contributed by atoms with van der Waals surface area (Å²) in [7, 11) is 0. The van der Waals surface area contributed by atoms with Gasteiger partial charge in [-0.3, -0.25) is 4.79 Å². The highest BCUT2D eigenvalue weighted by Crippen LogP contribution is 2.33. The lowest BCUT2D eigenvalue weighted by Gasteiger charge is -2.38. The maximum atomic E-state index is 12.8. The van der Waals surface area contributed by atoms with E-state index in [1.807, 2.05) is 17.0 Å². The van der Waals surface area contributed by atoms with Crippen molar-refractivity contribution in [1.82, 2.24) is 10.2 Å². The lowest BCUT2D eigenvalue weighted by molar-refractivity contribution is -0.139. The number of rotatable bonds is 2. The third-order valence-corrected chi connectivity index (χ3v) is 6.90. The Bertz CT molecular complexity index is 503. The average Bonchev–Trinajstić information content (AvgIpc) is 2.94. The number of nitrogens with zero attached hydrogens (tertiary/aromatic N) is 1. The highest BCUT2D eigenvalue weighted by atomic mass is 35.5. The van der Waals surface area contributed by atoms with Gasteiger partial charge in [-0.1, -0.05) is 22.8 Å². The van der Waals surface area contributed by atoms with E-state index in [2.05, 4.69) is 5.32 Å². The van der Waals surface area contributed by atoms with Gasteiger partial charge >= 0.3 is 0 Å². The lowest BCUT2D eigenvalue weighted by atomic mass is 9.99. The van der Waals surface area contributed by atoms with E-state index in [0.717, 1.165) is 41.7 Å². The molecule has 2 fully saturated rings. The van der Waals surface area contributed by atoms with E-state index in [9.17, 15) is 9.35 Å². The van der Waals surface area contributed by atoms with Gasteiger partial charge in [-0.2, -0.15) is 0 Å². The Kier molecular flexibility index (Phi) is 5.11. The fourth-order valence-corrected chi connectivity index (χ4v) is 5.48. The van der Waals surface area contributed by atoms with Crippen LogP contribution in [0.1, 0.15) is 23.8 Å². The standard InChI is InChI=1S/C14H19ClN2O2S2/c15-13-2-1-12(20-13)11-9-16-5-6-17(11)14(18)10-3-7-21(19)8-4-10/h1-2,10-11,16H,3-9H2. The van der Waals surface area contributed by atoms with E-state index in [1.54, 1.807) is 11.3 Å². The highest BCUT2D eigenvalue weighted by molar-refractivity contribution is 7.91. The molecule has 0 radical (unpaired) electrons. The molecule has 1 atom stereocenters. The molecule has 4 nitrogen and oxygen atoms in total. The number of halogens is 1. The van der Waals surface area contributed by atoms with Crippen LogP contribution in [0.3, 0.4) is 0 Å². The summed E-state index contributed by atoms with van der Waals surface area (Å²) in [6.07, 6.45) is 1.51. The molecular weight excluding hydrogens is 328 g/mol. The molecule has 3 rings (SSSR count). The second-order valence-corrected chi connectivity index (χ2v) is 8.96. The quantitative estimate of drug-likeness (QED) is 0.834. The van der Waals surface area contributed by atoms with E-state index in [1.165, 1.54) is 0 Å². The normalized spacial score (nSPS) is 30.4. The van der Waals surface area contributed by atoms with E-state index in [0.29, 0.717) is 11.5 Å². The van der Waals surface area contributed by atoms with Gasteiger partial charge in [0.05, 0.1) is 10.4 Å². The molecule has 0 bridgehead atoms. The number of hydrogen-bond acceptors (Lipinski definition) is 4. The van der Waals surface area contributed by atoms with Crippen LogP contribution in [0.15, 0.2) is 12.1 Å². The number of amides is 1. The van der Waals surface area contributed by atoms with E-state index in [4.69, 9.17) is 11.6 Å². The molecule has 0 spiro atoms. The highest BCUT2D eigenvalue weighted by Gasteiger charge is 2.35. The number of piperazine rings is 1. The largest absolute Gasteiger partial charge is 0.616 e. The van der Waals surface area contributed by atoms with Crippen molar-refractivity contribution >= 4 is 40.0 Å². The molecule has 0 aliphatic carbocycles. The first-order valence-corrected chi connectivity index (χ1v) is 9.95. The summed E-state index contributed by atoms with van der Waals surface area (Å²) in [6.45, 7) is 2.35. The molecule has 3 heterocycles. The van der Waals surface area contributed by atoms with Gasteiger partial charge in [0.2, 0.25) is 5.91 Å². The van der Waals surface area contributed by atoms with Crippen LogP contribution in [-0.4, -0.2) is 46.5 Å². The van der Waals surface area contributed by atoms with Gasteiger partial charge in [0.15, 0.2) is 0 Å². The number of hydrogen-bond donors (Lipinski definition) is 1. The molecule has 1 unspecified atom stereocenters. The van der Waals surface area contributed by atoms with Crippen LogP contribution >= 0.6 is 22.9 Å². The minimum Gasteiger partial charge on any atom is -0.616 e. The fourth-order valence-electron chi connectivity index (χ4n) is 3.00. The zero-order valence-electron chi connectivity index (χ0n) is 11.7. The Hall–Kier alpha value is -0.270. The van der Waals surface area contributed by atoms with Gasteiger partial charge in [0.25, 0.3) is 0 Å². The van der Waals surface area contributed by atoms with Crippen molar-refractivity contribution in [2.45, 2.75) is 18.9 Å². The molecule has 21 heavy (non-hydrogen) atoms. The third kappa shape index (κ3) is 3.56. The van der Waals surface area contributed by atoms with E-state index < -0.39 is 11.2 Å². The monoisotopic (exact) mass is 346 g/mol. The van der Waals surface area contributed by atoms with Crippen molar-refractivity contribution in [3.05, 3.63) is 21.3 Å². The Morgan fingerprint density at radius 3 is 2.86 bits per heavy atom. The predicted molar refractivity (Wildman–Crippen MR) is 87.3 cm³/mol. The summed E-state index contributed by atoms with van der Waals surface area (Å²) < 4.78 is 12.2. The summed E-state index contributed by atoms with van der Waals surface area (Å²) >= 11 is 6.86. The lowest BCUT2D eigenvalue weighted by Crippen LogP contribution is -2.51. The van der Waals surface area contributed by atoms with Crippen LogP contribution in [0.5, 0.6) is 0 Å². The summed E-state index contributed by atoms with van der Waals surface area (Å²) in [5.41, 5.74) is 0. The second kappa shape index (κ2) is 6.87. The van der Waals surface area contributed by atoms with E-state index >= 15 is 0 Å². The van der Waals surface area contributed by atoms with Gasteiger partial charge in [-0.15, -0.1) is 11.3 Å². The molecule has 0 saturated carbocycles. The maximum absolute atomic E-state index is 12.8. The smallest absolute Gasteiger partial charge is 0.226 e. The molecule has 2 saturated heterocycles. The van der Waals surface area contributed by atoms with Crippen LogP contribution in [0.25, 0.3) is 0 Å². The zero-order valence-corrected chi connectivity index (χ0v) is 14.1.